The maximum atomic E-state index is 13.1. The van der Waals surface area contributed by atoms with Crippen LogP contribution in [0.3, 0.4) is 0 Å². The van der Waals surface area contributed by atoms with E-state index >= 15 is 0 Å². The Hall–Kier alpha value is -2.13. The van der Waals surface area contributed by atoms with Gasteiger partial charge in [0.05, 0.1) is 5.54 Å². The molecular weight excluding hydrogens is 308 g/mol. The third-order valence-corrected chi connectivity index (χ3v) is 6.18. The van der Waals surface area contributed by atoms with Crippen molar-refractivity contribution in [1.29, 1.82) is 0 Å². The van der Waals surface area contributed by atoms with Crippen LogP contribution in [-0.2, 0) is 10.3 Å². The molecule has 1 saturated heterocycles. The fraction of sp³-hybridized carbons (Fsp3) is 0.409. The molecule has 3 heteroatoms. The summed E-state index contributed by atoms with van der Waals surface area (Å²) in [5.41, 5.74) is 1.99. The molecule has 1 unspecified atom stereocenters. The van der Waals surface area contributed by atoms with Crippen LogP contribution in [0, 0.1) is 11.3 Å². The van der Waals surface area contributed by atoms with Crippen molar-refractivity contribution in [3.8, 4) is 0 Å². The molecule has 1 spiro atoms. The van der Waals surface area contributed by atoms with E-state index in [0.29, 0.717) is 0 Å². The number of piperidine rings is 1. The van der Waals surface area contributed by atoms with E-state index in [-0.39, 0.29) is 17.2 Å². The van der Waals surface area contributed by atoms with Gasteiger partial charge in [0.25, 0.3) is 0 Å². The number of rotatable bonds is 4. The summed E-state index contributed by atoms with van der Waals surface area (Å²) < 4.78 is 0. The summed E-state index contributed by atoms with van der Waals surface area (Å²) in [6, 6.07) is 20.6. The van der Waals surface area contributed by atoms with Gasteiger partial charge in [0, 0.05) is 5.92 Å². The van der Waals surface area contributed by atoms with Gasteiger partial charge in [0.1, 0.15) is 0 Å². The highest BCUT2D eigenvalue weighted by atomic mass is 16.2. The number of nitrogens with one attached hydrogen (secondary N) is 2. The van der Waals surface area contributed by atoms with Crippen LogP contribution in [-0.4, -0.2) is 19.0 Å². The first-order chi connectivity index (χ1) is 12.1. The van der Waals surface area contributed by atoms with Crippen molar-refractivity contribution in [3.63, 3.8) is 0 Å². The second-order valence-corrected chi connectivity index (χ2v) is 7.72. The fourth-order valence-corrected chi connectivity index (χ4v) is 4.38. The SMILES string of the molecule is CC(NC(=O)C1CC12CCNCC2)(c1ccccc1)c1ccccc1. The number of carbonyl (C=O) groups is 1. The van der Waals surface area contributed by atoms with E-state index < -0.39 is 5.54 Å². The quantitative estimate of drug-likeness (QED) is 0.899. The first-order valence-electron chi connectivity index (χ1n) is 9.28. The van der Waals surface area contributed by atoms with Gasteiger partial charge < -0.3 is 10.6 Å². The van der Waals surface area contributed by atoms with Gasteiger partial charge in [-0.25, -0.2) is 0 Å². The van der Waals surface area contributed by atoms with Crippen LogP contribution in [0.15, 0.2) is 60.7 Å². The van der Waals surface area contributed by atoms with Crippen LogP contribution in [0.25, 0.3) is 0 Å². The molecule has 2 fully saturated rings. The van der Waals surface area contributed by atoms with Gasteiger partial charge in [-0.15, -0.1) is 0 Å². The first kappa shape index (κ1) is 16.3. The van der Waals surface area contributed by atoms with E-state index in [1.807, 2.05) is 36.4 Å². The van der Waals surface area contributed by atoms with Crippen molar-refractivity contribution < 1.29 is 4.79 Å². The summed E-state index contributed by atoms with van der Waals surface area (Å²) in [5.74, 6) is 0.374. The molecule has 3 nitrogen and oxygen atoms in total. The lowest BCUT2D eigenvalue weighted by Crippen LogP contribution is -2.46. The number of benzene rings is 2. The number of hydrogen-bond acceptors (Lipinski definition) is 2. The maximum Gasteiger partial charge on any atom is 0.224 e. The molecule has 4 rings (SSSR count). The van der Waals surface area contributed by atoms with Crippen molar-refractivity contribution >= 4 is 5.91 Å². The first-order valence-corrected chi connectivity index (χ1v) is 9.28. The highest BCUT2D eigenvalue weighted by Crippen LogP contribution is 2.58. The minimum absolute atomic E-state index is 0.168. The lowest BCUT2D eigenvalue weighted by atomic mass is 9.84. The Morgan fingerprint density at radius 3 is 2.04 bits per heavy atom. The zero-order valence-corrected chi connectivity index (χ0v) is 14.8. The molecule has 1 heterocycles. The molecule has 1 aliphatic carbocycles. The summed E-state index contributed by atoms with van der Waals surface area (Å²) in [5, 5.41) is 6.81. The normalized spacial score (nSPS) is 21.7. The van der Waals surface area contributed by atoms with Gasteiger partial charge in [-0.05, 0) is 55.8 Å². The summed E-state index contributed by atoms with van der Waals surface area (Å²) >= 11 is 0. The standard InChI is InChI=1S/C22H26N2O/c1-21(17-8-4-2-5-9-17,18-10-6-3-7-11-18)24-20(25)19-16-22(19)12-14-23-15-13-22/h2-11,19,23H,12-16H2,1H3,(H,24,25). The molecule has 2 aliphatic rings. The van der Waals surface area contributed by atoms with E-state index in [4.69, 9.17) is 0 Å². The Labute approximate surface area is 149 Å². The average molecular weight is 334 g/mol. The highest BCUT2D eigenvalue weighted by molar-refractivity contribution is 5.84. The Morgan fingerprint density at radius 2 is 1.52 bits per heavy atom. The third-order valence-electron chi connectivity index (χ3n) is 6.18. The number of amides is 1. The second kappa shape index (κ2) is 6.30. The van der Waals surface area contributed by atoms with Gasteiger partial charge in [-0.1, -0.05) is 60.7 Å². The molecule has 0 bridgehead atoms. The Bertz CT molecular complexity index is 696. The molecule has 1 amide bonds. The minimum atomic E-state index is -0.504. The van der Waals surface area contributed by atoms with Crippen LogP contribution in [0.5, 0.6) is 0 Å². The van der Waals surface area contributed by atoms with Gasteiger partial charge >= 0.3 is 0 Å². The monoisotopic (exact) mass is 334 g/mol. The summed E-state index contributed by atoms with van der Waals surface area (Å²) in [7, 11) is 0. The molecule has 25 heavy (non-hydrogen) atoms. The molecular formula is C22H26N2O. The zero-order chi connectivity index (χ0) is 17.3. The minimum Gasteiger partial charge on any atom is -0.342 e. The van der Waals surface area contributed by atoms with E-state index in [2.05, 4.69) is 41.8 Å². The Morgan fingerprint density at radius 1 is 1.00 bits per heavy atom. The maximum absolute atomic E-state index is 13.1. The molecule has 1 atom stereocenters. The summed E-state index contributed by atoms with van der Waals surface area (Å²) in [4.78, 5) is 13.1. The van der Waals surface area contributed by atoms with Crippen LogP contribution < -0.4 is 10.6 Å². The molecule has 0 aromatic heterocycles. The van der Waals surface area contributed by atoms with Gasteiger partial charge in [-0.3, -0.25) is 4.79 Å². The van der Waals surface area contributed by atoms with Crippen LogP contribution >= 0.6 is 0 Å². The highest BCUT2D eigenvalue weighted by Gasteiger charge is 2.58. The van der Waals surface area contributed by atoms with E-state index in [9.17, 15) is 4.79 Å². The zero-order valence-electron chi connectivity index (χ0n) is 14.8. The molecule has 130 valence electrons. The topological polar surface area (TPSA) is 41.1 Å². The Kier molecular flexibility index (Phi) is 4.12. The van der Waals surface area contributed by atoms with Gasteiger partial charge in [0.15, 0.2) is 0 Å². The van der Waals surface area contributed by atoms with Gasteiger partial charge in [0.2, 0.25) is 5.91 Å². The second-order valence-electron chi connectivity index (χ2n) is 7.72. The number of carbonyl (C=O) groups excluding carboxylic acids is 1. The van der Waals surface area contributed by atoms with Crippen LogP contribution in [0.4, 0.5) is 0 Å². The van der Waals surface area contributed by atoms with E-state index in [1.54, 1.807) is 0 Å². The third kappa shape index (κ3) is 2.98. The molecule has 2 aromatic carbocycles. The van der Waals surface area contributed by atoms with Crippen molar-refractivity contribution in [1.82, 2.24) is 10.6 Å². The van der Waals surface area contributed by atoms with Crippen molar-refractivity contribution in [2.45, 2.75) is 31.7 Å². The van der Waals surface area contributed by atoms with E-state index in [0.717, 1.165) is 43.5 Å². The average Bonchev–Trinajstić information content (AvgIpc) is 3.36. The molecule has 1 aliphatic heterocycles. The van der Waals surface area contributed by atoms with Crippen LogP contribution in [0.2, 0.25) is 0 Å². The van der Waals surface area contributed by atoms with Gasteiger partial charge in [-0.2, -0.15) is 0 Å². The molecule has 2 N–H and O–H groups in total. The van der Waals surface area contributed by atoms with Crippen LogP contribution in [0.1, 0.15) is 37.3 Å². The summed E-state index contributed by atoms with van der Waals surface area (Å²) in [6.07, 6.45) is 3.29. The molecule has 1 saturated carbocycles. The van der Waals surface area contributed by atoms with Crippen molar-refractivity contribution in [2.24, 2.45) is 11.3 Å². The predicted octanol–water partition coefficient (Wildman–Crippen LogP) is 3.46. The lowest BCUT2D eigenvalue weighted by molar-refractivity contribution is -0.124. The lowest BCUT2D eigenvalue weighted by Gasteiger charge is -2.33. The van der Waals surface area contributed by atoms with E-state index in [1.165, 1.54) is 0 Å². The molecule has 2 aromatic rings. The fourth-order valence-electron chi connectivity index (χ4n) is 4.38. The van der Waals surface area contributed by atoms with Crippen molar-refractivity contribution in [2.75, 3.05) is 13.1 Å². The molecule has 0 radical (unpaired) electrons. The largest absolute Gasteiger partial charge is 0.342 e. The smallest absolute Gasteiger partial charge is 0.224 e. The Balaban J connectivity index is 1.61. The summed E-state index contributed by atoms with van der Waals surface area (Å²) in [6.45, 7) is 4.20. The van der Waals surface area contributed by atoms with Crippen molar-refractivity contribution in [3.05, 3.63) is 71.8 Å². The number of hydrogen-bond donors (Lipinski definition) is 2. The predicted molar refractivity (Wildman–Crippen MR) is 100 cm³/mol.